The van der Waals surface area contributed by atoms with E-state index in [2.05, 4.69) is 17.2 Å². The van der Waals surface area contributed by atoms with Gasteiger partial charge in [-0.05, 0) is 36.5 Å². The predicted octanol–water partition coefficient (Wildman–Crippen LogP) is 2.30. The van der Waals surface area contributed by atoms with Gasteiger partial charge in [0.15, 0.2) is 0 Å². The number of anilines is 1. The van der Waals surface area contributed by atoms with Crippen LogP contribution in [0, 0.1) is 5.41 Å². The van der Waals surface area contributed by atoms with Crippen molar-refractivity contribution in [2.24, 2.45) is 5.41 Å². The van der Waals surface area contributed by atoms with Gasteiger partial charge in [-0.15, -0.1) is 0 Å². The number of nitrogens with one attached hydrogen (secondary N) is 2. The zero-order valence-electron chi connectivity index (χ0n) is 12.2. The summed E-state index contributed by atoms with van der Waals surface area (Å²) in [6, 6.07) is 5.54. The lowest BCUT2D eigenvalue weighted by atomic mass is 9.82. The highest BCUT2D eigenvalue weighted by atomic mass is 16.5. The van der Waals surface area contributed by atoms with Gasteiger partial charge in [-0.2, -0.15) is 0 Å². The third-order valence-corrected chi connectivity index (χ3v) is 4.33. The Morgan fingerprint density at radius 1 is 1.43 bits per heavy atom. The van der Waals surface area contributed by atoms with Crippen molar-refractivity contribution in [2.75, 3.05) is 25.5 Å². The molecule has 0 spiro atoms. The molecule has 1 fully saturated rings. The Morgan fingerprint density at radius 3 is 2.95 bits per heavy atom. The number of rotatable bonds is 3. The summed E-state index contributed by atoms with van der Waals surface area (Å²) < 4.78 is 5.38. The van der Waals surface area contributed by atoms with Crippen LogP contribution in [0.5, 0.6) is 0 Å². The Labute approximate surface area is 123 Å². The highest BCUT2D eigenvalue weighted by Crippen LogP contribution is 2.29. The van der Waals surface area contributed by atoms with Crippen LogP contribution in [-0.2, 0) is 4.74 Å². The fourth-order valence-electron chi connectivity index (χ4n) is 2.76. The van der Waals surface area contributed by atoms with E-state index in [1.807, 2.05) is 18.2 Å². The summed E-state index contributed by atoms with van der Waals surface area (Å²) in [5.74, 6) is -0.0560. The molecule has 2 aromatic rings. The van der Waals surface area contributed by atoms with E-state index in [1.54, 1.807) is 6.20 Å². The number of benzene rings is 1. The Bertz CT molecular complexity index is 657. The third-order valence-electron chi connectivity index (χ3n) is 4.33. The average molecular weight is 287 g/mol. The van der Waals surface area contributed by atoms with Crippen LogP contribution < -0.4 is 11.1 Å². The van der Waals surface area contributed by atoms with E-state index in [-0.39, 0.29) is 11.3 Å². The Balaban J connectivity index is 1.73. The van der Waals surface area contributed by atoms with E-state index in [9.17, 15) is 4.79 Å². The van der Waals surface area contributed by atoms with Crippen molar-refractivity contribution in [3.05, 3.63) is 30.0 Å². The minimum atomic E-state index is -0.0560. The first-order chi connectivity index (χ1) is 10.1. The number of ether oxygens (including phenoxy) is 1. The number of hydrogen-bond donors (Lipinski definition) is 3. The van der Waals surface area contributed by atoms with Crippen molar-refractivity contribution in [2.45, 2.75) is 19.8 Å². The second-order valence-electron chi connectivity index (χ2n) is 6.11. The van der Waals surface area contributed by atoms with Crippen LogP contribution in [0.25, 0.3) is 10.9 Å². The van der Waals surface area contributed by atoms with Gasteiger partial charge in [0.05, 0.1) is 5.56 Å². The topological polar surface area (TPSA) is 80.1 Å². The van der Waals surface area contributed by atoms with Gasteiger partial charge in [0.25, 0.3) is 5.91 Å². The molecule has 0 aliphatic carbocycles. The summed E-state index contributed by atoms with van der Waals surface area (Å²) in [6.07, 6.45) is 3.70. The molecule has 1 aliphatic heterocycles. The van der Waals surface area contributed by atoms with Crippen LogP contribution >= 0.6 is 0 Å². The molecule has 1 amide bonds. The van der Waals surface area contributed by atoms with Crippen molar-refractivity contribution < 1.29 is 9.53 Å². The number of nitrogens with two attached hydrogens (primary N) is 1. The molecular weight excluding hydrogens is 266 g/mol. The number of fused-ring (bicyclic) bond motifs is 1. The van der Waals surface area contributed by atoms with E-state index in [0.29, 0.717) is 17.8 Å². The number of carbonyl (C=O) groups excluding carboxylic acids is 1. The smallest absolute Gasteiger partial charge is 0.253 e. The van der Waals surface area contributed by atoms with Gasteiger partial charge in [0, 0.05) is 42.5 Å². The standard InChI is InChI=1S/C16H21N3O2/c1-16(4-6-21-7-5-16)10-19-15(20)13-9-18-14-3-2-11(17)8-12(13)14/h2-3,8-9,18H,4-7,10,17H2,1H3,(H,19,20). The number of carbonyl (C=O) groups is 1. The average Bonchev–Trinajstić information content (AvgIpc) is 2.89. The molecule has 4 N–H and O–H groups in total. The lowest BCUT2D eigenvalue weighted by molar-refractivity contribution is 0.0238. The lowest BCUT2D eigenvalue weighted by Gasteiger charge is -2.33. The minimum absolute atomic E-state index is 0.0560. The molecule has 2 heterocycles. The molecule has 21 heavy (non-hydrogen) atoms. The third kappa shape index (κ3) is 2.88. The van der Waals surface area contributed by atoms with E-state index in [4.69, 9.17) is 10.5 Å². The normalized spacial score (nSPS) is 17.8. The number of hydrogen-bond acceptors (Lipinski definition) is 3. The van der Waals surface area contributed by atoms with Crippen LogP contribution in [0.3, 0.4) is 0 Å². The summed E-state index contributed by atoms with van der Waals surface area (Å²) in [4.78, 5) is 15.5. The molecule has 0 atom stereocenters. The molecule has 1 aromatic heterocycles. The van der Waals surface area contributed by atoms with Gasteiger partial charge in [0.1, 0.15) is 0 Å². The zero-order chi connectivity index (χ0) is 14.9. The quantitative estimate of drug-likeness (QED) is 0.758. The molecule has 0 saturated carbocycles. The highest BCUT2D eigenvalue weighted by Gasteiger charge is 2.28. The first kappa shape index (κ1) is 13.9. The van der Waals surface area contributed by atoms with Crippen molar-refractivity contribution in [3.63, 3.8) is 0 Å². The molecular formula is C16H21N3O2. The van der Waals surface area contributed by atoms with Crippen LogP contribution in [0.2, 0.25) is 0 Å². The summed E-state index contributed by atoms with van der Waals surface area (Å²) in [7, 11) is 0. The monoisotopic (exact) mass is 287 g/mol. The molecule has 5 heteroatoms. The van der Waals surface area contributed by atoms with E-state index in [0.717, 1.165) is 37.0 Å². The van der Waals surface area contributed by atoms with E-state index in [1.165, 1.54) is 0 Å². The van der Waals surface area contributed by atoms with Gasteiger partial charge >= 0.3 is 0 Å². The van der Waals surface area contributed by atoms with Crippen molar-refractivity contribution in [3.8, 4) is 0 Å². The van der Waals surface area contributed by atoms with Crippen LogP contribution in [0.15, 0.2) is 24.4 Å². The SMILES string of the molecule is CC1(CNC(=O)c2c[nH]c3ccc(N)cc23)CCOCC1. The van der Waals surface area contributed by atoms with Gasteiger partial charge in [0.2, 0.25) is 0 Å². The number of aromatic amines is 1. The van der Waals surface area contributed by atoms with Crippen LogP contribution in [0.4, 0.5) is 5.69 Å². The van der Waals surface area contributed by atoms with Crippen LogP contribution in [0.1, 0.15) is 30.1 Å². The van der Waals surface area contributed by atoms with Crippen molar-refractivity contribution in [1.29, 1.82) is 0 Å². The Morgan fingerprint density at radius 2 is 2.19 bits per heavy atom. The summed E-state index contributed by atoms with van der Waals surface area (Å²) in [5.41, 5.74) is 8.16. The second kappa shape index (κ2) is 5.41. The maximum Gasteiger partial charge on any atom is 0.253 e. The fourth-order valence-corrected chi connectivity index (χ4v) is 2.76. The lowest BCUT2D eigenvalue weighted by Crippen LogP contribution is -2.39. The zero-order valence-corrected chi connectivity index (χ0v) is 12.2. The summed E-state index contributed by atoms with van der Waals surface area (Å²) in [5, 5.41) is 3.92. The van der Waals surface area contributed by atoms with Gasteiger partial charge in [-0.25, -0.2) is 0 Å². The minimum Gasteiger partial charge on any atom is -0.399 e. The highest BCUT2D eigenvalue weighted by molar-refractivity contribution is 6.07. The first-order valence-electron chi connectivity index (χ1n) is 7.30. The Hall–Kier alpha value is -2.01. The number of nitrogen functional groups attached to an aromatic ring is 1. The van der Waals surface area contributed by atoms with Crippen molar-refractivity contribution in [1.82, 2.24) is 10.3 Å². The van der Waals surface area contributed by atoms with Crippen molar-refractivity contribution >= 4 is 22.5 Å². The maximum absolute atomic E-state index is 12.4. The van der Waals surface area contributed by atoms with E-state index >= 15 is 0 Å². The molecule has 112 valence electrons. The number of amides is 1. The predicted molar refractivity (Wildman–Crippen MR) is 83.2 cm³/mol. The summed E-state index contributed by atoms with van der Waals surface area (Å²) in [6.45, 7) is 4.42. The molecule has 1 aromatic carbocycles. The molecule has 5 nitrogen and oxygen atoms in total. The largest absolute Gasteiger partial charge is 0.399 e. The number of aromatic nitrogens is 1. The van der Waals surface area contributed by atoms with Gasteiger partial charge in [-0.1, -0.05) is 6.92 Å². The van der Waals surface area contributed by atoms with Gasteiger partial charge < -0.3 is 20.8 Å². The second-order valence-corrected chi connectivity index (χ2v) is 6.11. The molecule has 1 saturated heterocycles. The first-order valence-corrected chi connectivity index (χ1v) is 7.30. The Kier molecular flexibility index (Phi) is 3.59. The van der Waals surface area contributed by atoms with Gasteiger partial charge in [-0.3, -0.25) is 4.79 Å². The van der Waals surface area contributed by atoms with Crippen LogP contribution in [-0.4, -0.2) is 30.6 Å². The molecule has 3 rings (SSSR count). The summed E-state index contributed by atoms with van der Waals surface area (Å²) >= 11 is 0. The molecule has 1 aliphatic rings. The molecule has 0 bridgehead atoms. The fraction of sp³-hybridized carbons (Fsp3) is 0.438. The number of H-pyrrole nitrogens is 1. The maximum atomic E-state index is 12.4. The molecule has 0 unspecified atom stereocenters. The molecule has 0 radical (unpaired) electrons. The van der Waals surface area contributed by atoms with E-state index < -0.39 is 0 Å².